The van der Waals surface area contributed by atoms with Crippen LogP contribution in [-0.4, -0.2) is 87.9 Å². The summed E-state index contributed by atoms with van der Waals surface area (Å²) in [5.74, 6) is 1.06. The number of aromatic amines is 1. The largest absolute Gasteiger partial charge is 0.496 e. The van der Waals surface area contributed by atoms with Crippen molar-refractivity contribution in [3.63, 3.8) is 0 Å². The highest BCUT2D eigenvalue weighted by Crippen LogP contribution is 2.31. The molecule has 4 aromatic heterocycles. The molecule has 0 atom stereocenters. The van der Waals surface area contributed by atoms with E-state index in [9.17, 15) is 22.8 Å². The topological polar surface area (TPSA) is 133 Å². The number of halogens is 3. The van der Waals surface area contributed by atoms with Crippen LogP contribution in [0.2, 0.25) is 0 Å². The van der Waals surface area contributed by atoms with Crippen molar-refractivity contribution in [2.45, 2.75) is 45.5 Å². The third kappa shape index (κ3) is 7.03. The second kappa shape index (κ2) is 13.1. The number of nitrogens with one attached hydrogen (secondary N) is 3. The number of alkyl halides is 3. The summed E-state index contributed by atoms with van der Waals surface area (Å²) in [5.41, 5.74) is 2.47. The molecule has 1 aliphatic rings. The van der Waals surface area contributed by atoms with Gasteiger partial charge in [0.1, 0.15) is 23.1 Å². The van der Waals surface area contributed by atoms with Crippen molar-refractivity contribution in [2.75, 3.05) is 50.6 Å². The van der Waals surface area contributed by atoms with Crippen molar-refractivity contribution < 1.29 is 22.7 Å². The van der Waals surface area contributed by atoms with Crippen molar-refractivity contribution in [3.05, 3.63) is 64.0 Å². The first-order chi connectivity index (χ1) is 21.5. The third-order valence-electron chi connectivity index (χ3n) is 7.92. The fourth-order valence-electron chi connectivity index (χ4n) is 5.75. The molecule has 0 bridgehead atoms. The molecule has 240 valence electrons. The molecule has 0 aliphatic carbocycles. The Morgan fingerprint density at radius 1 is 1.22 bits per heavy atom. The quantitative estimate of drug-likeness (QED) is 0.241. The van der Waals surface area contributed by atoms with E-state index in [4.69, 9.17) is 9.72 Å². The van der Waals surface area contributed by atoms with Gasteiger partial charge < -0.3 is 25.3 Å². The zero-order valence-electron chi connectivity index (χ0n) is 25.5. The Hall–Kier alpha value is -4.66. The Kier molecular flexibility index (Phi) is 9.27. The van der Waals surface area contributed by atoms with E-state index in [0.717, 1.165) is 5.56 Å². The minimum absolute atomic E-state index is 0.0826. The van der Waals surface area contributed by atoms with Crippen LogP contribution in [0.4, 0.5) is 24.8 Å². The number of hydrogen-bond donors (Lipinski definition) is 3. The van der Waals surface area contributed by atoms with Crippen molar-refractivity contribution in [2.24, 2.45) is 0 Å². The smallest absolute Gasteiger partial charge is 0.401 e. The minimum Gasteiger partial charge on any atom is -0.496 e. The van der Waals surface area contributed by atoms with Crippen LogP contribution in [0.15, 0.2) is 41.5 Å². The summed E-state index contributed by atoms with van der Waals surface area (Å²) in [5, 5.41) is 10.4. The Balaban J connectivity index is 1.52. The lowest BCUT2D eigenvalue weighted by atomic mass is 10.0. The van der Waals surface area contributed by atoms with Gasteiger partial charge in [0, 0.05) is 56.2 Å². The number of ether oxygens (including phenoxy) is 1. The van der Waals surface area contributed by atoms with Crippen molar-refractivity contribution >= 4 is 23.2 Å². The Labute approximate surface area is 257 Å². The first-order valence-corrected chi connectivity index (χ1v) is 14.6. The van der Waals surface area contributed by atoms with E-state index in [0.29, 0.717) is 66.8 Å². The van der Waals surface area contributed by atoms with Crippen molar-refractivity contribution in [1.82, 2.24) is 34.8 Å². The number of hydrogen-bond acceptors (Lipinski definition) is 9. The highest BCUT2D eigenvalue weighted by atomic mass is 19.4. The zero-order valence-corrected chi connectivity index (χ0v) is 25.5. The first kappa shape index (κ1) is 31.8. The molecule has 45 heavy (non-hydrogen) atoms. The van der Waals surface area contributed by atoms with Crippen LogP contribution >= 0.6 is 0 Å². The number of piperidine rings is 1. The van der Waals surface area contributed by atoms with Gasteiger partial charge in [-0.05, 0) is 50.5 Å². The molecule has 1 fully saturated rings. The fraction of sp³-hybridized carbons (Fsp3) is 0.433. The molecule has 0 saturated carbocycles. The Morgan fingerprint density at radius 3 is 2.64 bits per heavy atom. The van der Waals surface area contributed by atoms with Gasteiger partial charge in [-0.2, -0.15) is 22.8 Å². The Morgan fingerprint density at radius 2 is 1.98 bits per heavy atom. The van der Waals surface area contributed by atoms with Gasteiger partial charge in [-0.1, -0.05) is 0 Å². The number of aryl methyl sites for hydroxylation is 1. The highest BCUT2D eigenvalue weighted by Gasteiger charge is 2.34. The number of H-pyrrole nitrogens is 1. The van der Waals surface area contributed by atoms with Gasteiger partial charge in [-0.25, -0.2) is 9.97 Å². The number of likely N-dealkylation sites (tertiary alicyclic amines) is 1. The summed E-state index contributed by atoms with van der Waals surface area (Å²) in [6.07, 6.45) is 0.0842. The number of carbonyl (C=O) groups excluding carboxylic acids is 1. The number of amides is 1. The number of rotatable bonds is 10. The van der Waals surface area contributed by atoms with Crippen molar-refractivity contribution in [1.29, 1.82) is 0 Å². The van der Waals surface area contributed by atoms with E-state index in [1.807, 2.05) is 19.1 Å². The lowest BCUT2D eigenvalue weighted by molar-refractivity contribution is -0.147. The van der Waals surface area contributed by atoms with Crippen LogP contribution in [-0.2, 0) is 6.54 Å². The second-order valence-electron chi connectivity index (χ2n) is 10.9. The van der Waals surface area contributed by atoms with Crippen molar-refractivity contribution in [3.8, 4) is 16.9 Å². The predicted octanol–water partition coefficient (Wildman–Crippen LogP) is 3.62. The third-order valence-corrected chi connectivity index (χ3v) is 7.92. The highest BCUT2D eigenvalue weighted by molar-refractivity contribution is 5.94. The molecule has 1 amide bonds. The monoisotopic (exact) mass is 627 g/mol. The van der Waals surface area contributed by atoms with Crippen LogP contribution < -0.4 is 25.8 Å². The summed E-state index contributed by atoms with van der Waals surface area (Å²) in [6.45, 7) is 3.76. The van der Waals surface area contributed by atoms with Crippen LogP contribution in [0, 0.1) is 6.92 Å². The molecular weight excluding hydrogens is 591 g/mol. The standard InChI is InChI=1S/C30H36F3N9O3/c1-5-41(20-7-10-40(11-8-20)17-30(31,32)33)26-14-23(29(44)36-15-22-24(45-4)12-18(2)38-28(22)43)39-27-21(16-37-42(26)27)19-6-9-35-25(13-19)34-3/h6,9,12-14,16,20H,5,7-8,10-11,15,17H2,1-4H3,(H,34,35)(H,36,44)(H,38,43). The van der Waals surface area contributed by atoms with Gasteiger partial charge >= 0.3 is 6.18 Å². The molecule has 4 aromatic rings. The maximum Gasteiger partial charge on any atom is 0.401 e. The molecule has 0 aromatic carbocycles. The summed E-state index contributed by atoms with van der Waals surface area (Å²) in [7, 11) is 3.21. The number of pyridine rings is 2. The number of fused-ring (bicyclic) bond motifs is 1. The van der Waals surface area contributed by atoms with E-state index in [1.54, 1.807) is 43.0 Å². The molecule has 0 radical (unpaired) electrons. The lowest BCUT2D eigenvalue weighted by Gasteiger charge is -2.39. The number of carbonyl (C=O) groups is 1. The molecule has 15 heteroatoms. The van der Waals surface area contributed by atoms with Gasteiger partial charge in [0.05, 0.1) is 32.0 Å². The molecule has 5 rings (SSSR count). The maximum absolute atomic E-state index is 13.6. The van der Waals surface area contributed by atoms with E-state index >= 15 is 0 Å². The summed E-state index contributed by atoms with van der Waals surface area (Å²) >= 11 is 0. The molecular formula is C30H36F3N9O3. The molecule has 0 unspecified atom stereocenters. The number of methoxy groups -OCH3 is 1. The summed E-state index contributed by atoms with van der Waals surface area (Å²) in [6, 6.07) is 6.88. The zero-order chi connectivity index (χ0) is 32.3. The molecule has 1 aliphatic heterocycles. The van der Waals surface area contributed by atoms with E-state index < -0.39 is 18.6 Å². The number of anilines is 2. The van der Waals surface area contributed by atoms with E-state index in [1.165, 1.54) is 12.0 Å². The first-order valence-electron chi connectivity index (χ1n) is 14.6. The second-order valence-corrected chi connectivity index (χ2v) is 10.9. The SMILES string of the molecule is CCN(c1cc(C(=O)NCc2c(OC)cc(C)[nH]c2=O)nc2c(-c3ccnc(NC)c3)cnn12)C1CCN(CC(F)(F)F)CC1. The van der Waals surface area contributed by atoms with Crippen LogP contribution in [0.1, 0.15) is 41.5 Å². The minimum atomic E-state index is -4.25. The molecule has 1 saturated heterocycles. The van der Waals surface area contributed by atoms with Gasteiger partial charge in [-0.15, -0.1) is 0 Å². The van der Waals surface area contributed by atoms with Gasteiger partial charge in [0.25, 0.3) is 11.5 Å². The molecule has 12 nitrogen and oxygen atoms in total. The van der Waals surface area contributed by atoms with Crippen LogP contribution in [0.3, 0.4) is 0 Å². The van der Waals surface area contributed by atoms with E-state index in [2.05, 4.69) is 30.6 Å². The molecule has 5 heterocycles. The predicted molar refractivity (Wildman–Crippen MR) is 164 cm³/mol. The summed E-state index contributed by atoms with van der Waals surface area (Å²) in [4.78, 5) is 41.4. The average Bonchev–Trinajstić information content (AvgIpc) is 3.45. The molecule has 3 N–H and O–H groups in total. The Bertz CT molecular complexity index is 1730. The number of nitrogens with zero attached hydrogens (tertiary/aromatic N) is 6. The fourth-order valence-corrected chi connectivity index (χ4v) is 5.75. The molecule has 0 spiro atoms. The van der Waals surface area contributed by atoms with Gasteiger partial charge in [0.2, 0.25) is 0 Å². The average molecular weight is 628 g/mol. The van der Waals surface area contributed by atoms with Gasteiger partial charge in [-0.3, -0.25) is 14.5 Å². The van der Waals surface area contributed by atoms with Crippen LogP contribution in [0.5, 0.6) is 5.75 Å². The van der Waals surface area contributed by atoms with Crippen LogP contribution in [0.25, 0.3) is 16.8 Å². The van der Waals surface area contributed by atoms with Gasteiger partial charge in [0.15, 0.2) is 5.65 Å². The number of aromatic nitrogens is 5. The van der Waals surface area contributed by atoms with E-state index in [-0.39, 0.29) is 29.4 Å². The maximum atomic E-state index is 13.6. The normalized spacial score (nSPS) is 14.5. The summed E-state index contributed by atoms with van der Waals surface area (Å²) < 4.78 is 46.1. The lowest BCUT2D eigenvalue weighted by Crippen LogP contribution is -2.47.